The summed E-state index contributed by atoms with van der Waals surface area (Å²) < 4.78 is 5.42. The summed E-state index contributed by atoms with van der Waals surface area (Å²) in [6.45, 7) is 9.60. The predicted molar refractivity (Wildman–Crippen MR) is 110 cm³/mol. The van der Waals surface area contributed by atoms with E-state index in [-0.39, 0.29) is 0 Å². The van der Waals surface area contributed by atoms with Gasteiger partial charge in [0.15, 0.2) is 5.78 Å². The lowest BCUT2D eigenvalue weighted by atomic mass is 9.90. The van der Waals surface area contributed by atoms with Crippen LogP contribution in [0.25, 0.3) is 0 Å². The van der Waals surface area contributed by atoms with E-state index >= 15 is 0 Å². The highest BCUT2D eigenvalue weighted by atomic mass is 16.5. The minimum atomic E-state index is 0.302. The fourth-order valence-electron chi connectivity index (χ4n) is 5.23. The molecule has 0 aliphatic carbocycles. The van der Waals surface area contributed by atoms with Crippen LogP contribution in [-0.2, 0) is 4.74 Å². The van der Waals surface area contributed by atoms with Gasteiger partial charge in [0.2, 0.25) is 0 Å². The Morgan fingerprint density at radius 3 is 2.67 bits per heavy atom. The van der Waals surface area contributed by atoms with E-state index in [9.17, 15) is 4.79 Å². The van der Waals surface area contributed by atoms with Gasteiger partial charge in [0.1, 0.15) is 0 Å². The van der Waals surface area contributed by atoms with Gasteiger partial charge in [-0.3, -0.25) is 9.69 Å². The van der Waals surface area contributed by atoms with Crippen LogP contribution >= 0.6 is 0 Å². The SMILES string of the molecule is Cc1cc(N2CC[C@H](N3CCC[C@@H]3C)C2)ccc1C(=O)CC1CCOCC1. The number of ether oxygens (including phenoxy) is 1. The van der Waals surface area contributed by atoms with Gasteiger partial charge in [-0.1, -0.05) is 0 Å². The molecule has 1 aromatic rings. The highest BCUT2D eigenvalue weighted by molar-refractivity contribution is 5.98. The van der Waals surface area contributed by atoms with Gasteiger partial charge in [0, 0.05) is 56.1 Å². The van der Waals surface area contributed by atoms with Crippen molar-refractivity contribution < 1.29 is 9.53 Å². The molecule has 0 saturated carbocycles. The second-order valence-electron chi connectivity index (χ2n) is 8.80. The van der Waals surface area contributed by atoms with E-state index in [2.05, 4.69) is 41.8 Å². The number of aryl methyl sites for hydroxylation is 1. The molecule has 0 unspecified atom stereocenters. The average molecular weight is 371 g/mol. The number of carbonyl (C=O) groups is 1. The van der Waals surface area contributed by atoms with Crippen LogP contribution in [0.15, 0.2) is 18.2 Å². The average Bonchev–Trinajstić information content (AvgIpc) is 3.31. The van der Waals surface area contributed by atoms with Crippen molar-refractivity contribution in [3.63, 3.8) is 0 Å². The van der Waals surface area contributed by atoms with Crippen LogP contribution in [0, 0.1) is 12.8 Å². The molecule has 3 aliphatic rings. The van der Waals surface area contributed by atoms with E-state index in [0.29, 0.717) is 24.2 Å². The Kier molecular flexibility index (Phi) is 5.84. The summed E-state index contributed by atoms with van der Waals surface area (Å²) >= 11 is 0. The second kappa shape index (κ2) is 8.32. The maximum Gasteiger partial charge on any atom is 0.163 e. The van der Waals surface area contributed by atoms with Crippen LogP contribution in [0.4, 0.5) is 5.69 Å². The van der Waals surface area contributed by atoms with Crippen molar-refractivity contribution in [2.45, 2.75) is 64.5 Å². The molecule has 3 aliphatic heterocycles. The van der Waals surface area contributed by atoms with E-state index in [1.807, 2.05) is 0 Å². The summed E-state index contributed by atoms with van der Waals surface area (Å²) in [6, 6.07) is 7.89. The van der Waals surface area contributed by atoms with E-state index in [1.54, 1.807) is 0 Å². The summed E-state index contributed by atoms with van der Waals surface area (Å²) in [5, 5.41) is 0. The van der Waals surface area contributed by atoms with Gasteiger partial charge in [-0.25, -0.2) is 0 Å². The molecule has 2 atom stereocenters. The minimum Gasteiger partial charge on any atom is -0.381 e. The molecule has 0 aromatic heterocycles. The van der Waals surface area contributed by atoms with Crippen LogP contribution in [0.2, 0.25) is 0 Å². The molecule has 0 N–H and O–H groups in total. The maximum absolute atomic E-state index is 12.8. The van der Waals surface area contributed by atoms with Crippen LogP contribution < -0.4 is 4.90 Å². The fourth-order valence-corrected chi connectivity index (χ4v) is 5.23. The molecule has 0 radical (unpaired) electrons. The molecule has 3 fully saturated rings. The predicted octanol–water partition coefficient (Wildman–Crippen LogP) is 4.06. The lowest BCUT2D eigenvalue weighted by molar-refractivity contribution is 0.0601. The Bertz CT molecular complexity index is 668. The van der Waals surface area contributed by atoms with Gasteiger partial charge >= 0.3 is 0 Å². The first kappa shape index (κ1) is 18.9. The number of benzene rings is 1. The summed E-state index contributed by atoms with van der Waals surface area (Å²) in [5.41, 5.74) is 3.32. The van der Waals surface area contributed by atoms with Crippen molar-refractivity contribution in [3.8, 4) is 0 Å². The maximum atomic E-state index is 12.8. The van der Waals surface area contributed by atoms with Crippen molar-refractivity contribution in [3.05, 3.63) is 29.3 Å². The van der Waals surface area contributed by atoms with Crippen molar-refractivity contribution in [2.75, 3.05) is 37.7 Å². The summed E-state index contributed by atoms with van der Waals surface area (Å²) in [7, 11) is 0. The number of hydrogen-bond donors (Lipinski definition) is 0. The van der Waals surface area contributed by atoms with Gasteiger partial charge in [0.05, 0.1) is 0 Å². The quantitative estimate of drug-likeness (QED) is 0.732. The molecule has 0 spiro atoms. The lowest BCUT2D eigenvalue weighted by Crippen LogP contribution is -2.39. The van der Waals surface area contributed by atoms with Gasteiger partial charge < -0.3 is 9.64 Å². The number of anilines is 1. The van der Waals surface area contributed by atoms with Crippen molar-refractivity contribution in [1.29, 1.82) is 0 Å². The van der Waals surface area contributed by atoms with E-state index in [0.717, 1.165) is 56.3 Å². The molecule has 3 heterocycles. The molecule has 3 saturated heterocycles. The van der Waals surface area contributed by atoms with E-state index in [4.69, 9.17) is 4.74 Å². The molecule has 0 bridgehead atoms. The van der Waals surface area contributed by atoms with Gasteiger partial charge in [-0.2, -0.15) is 0 Å². The highest BCUT2D eigenvalue weighted by Gasteiger charge is 2.33. The van der Waals surface area contributed by atoms with Crippen molar-refractivity contribution >= 4 is 11.5 Å². The number of Topliss-reactive ketones (excluding diaryl/α,β-unsaturated/α-hetero) is 1. The smallest absolute Gasteiger partial charge is 0.163 e. The Hall–Kier alpha value is -1.39. The Morgan fingerprint density at radius 2 is 1.96 bits per heavy atom. The molecule has 148 valence electrons. The van der Waals surface area contributed by atoms with Crippen molar-refractivity contribution in [1.82, 2.24) is 4.90 Å². The minimum absolute atomic E-state index is 0.302. The zero-order valence-corrected chi connectivity index (χ0v) is 17.0. The molecule has 4 rings (SSSR count). The zero-order valence-electron chi connectivity index (χ0n) is 17.0. The largest absolute Gasteiger partial charge is 0.381 e. The molecule has 4 heteroatoms. The first-order valence-corrected chi connectivity index (χ1v) is 10.8. The van der Waals surface area contributed by atoms with Gasteiger partial charge in [0.25, 0.3) is 0 Å². The third-order valence-electron chi connectivity index (χ3n) is 6.93. The van der Waals surface area contributed by atoms with Crippen molar-refractivity contribution in [2.24, 2.45) is 5.92 Å². The lowest BCUT2D eigenvalue weighted by Gasteiger charge is -2.28. The summed E-state index contributed by atoms with van der Waals surface area (Å²) in [6.07, 6.45) is 6.66. The fraction of sp³-hybridized carbons (Fsp3) is 0.696. The molecule has 4 nitrogen and oxygen atoms in total. The number of ketones is 1. The first-order chi connectivity index (χ1) is 13.1. The third-order valence-corrected chi connectivity index (χ3v) is 6.93. The van der Waals surface area contributed by atoms with Crippen LogP contribution in [0.3, 0.4) is 0 Å². The van der Waals surface area contributed by atoms with Crippen LogP contribution in [0.5, 0.6) is 0 Å². The monoisotopic (exact) mass is 370 g/mol. The zero-order chi connectivity index (χ0) is 18.8. The number of carbonyl (C=O) groups excluding carboxylic acids is 1. The second-order valence-corrected chi connectivity index (χ2v) is 8.80. The molecule has 1 aromatic carbocycles. The molecular formula is C23H34N2O2. The third kappa shape index (κ3) is 4.22. The highest BCUT2D eigenvalue weighted by Crippen LogP contribution is 2.30. The Morgan fingerprint density at radius 1 is 1.15 bits per heavy atom. The summed E-state index contributed by atoms with van der Waals surface area (Å²) in [4.78, 5) is 18.0. The van der Waals surface area contributed by atoms with E-state index in [1.165, 1.54) is 31.5 Å². The molecule has 0 amide bonds. The number of rotatable bonds is 5. The number of hydrogen-bond acceptors (Lipinski definition) is 4. The number of nitrogens with zero attached hydrogens (tertiary/aromatic N) is 2. The van der Waals surface area contributed by atoms with Crippen LogP contribution in [-0.4, -0.2) is 55.6 Å². The number of likely N-dealkylation sites (tertiary alicyclic amines) is 1. The van der Waals surface area contributed by atoms with Gasteiger partial charge in [-0.05, 0) is 82.2 Å². The van der Waals surface area contributed by atoms with Crippen LogP contribution in [0.1, 0.15) is 61.4 Å². The topological polar surface area (TPSA) is 32.8 Å². The molecule has 27 heavy (non-hydrogen) atoms. The Labute approximate surface area is 163 Å². The first-order valence-electron chi connectivity index (χ1n) is 10.8. The Balaban J connectivity index is 1.39. The normalized spacial score (nSPS) is 27.4. The van der Waals surface area contributed by atoms with E-state index < -0.39 is 0 Å². The summed E-state index contributed by atoms with van der Waals surface area (Å²) in [5.74, 6) is 0.795. The van der Waals surface area contributed by atoms with Gasteiger partial charge in [-0.15, -0.1) is 0 Å². The molecular weight excluding hydrogens is 336 g/mol. The standard InChI is InChI=1S/C23H34N2O2/c1-17-14-20(24-11-7-21(16-24)25-10-3-4-18(25)2)5-6-22(17)23(26)15-19-8-12-27-13-9-19/h5-6,14,18-19,21H,3-4,7-13,15-16H2,1-2H3/t18-,21-/m0/s1.